The summed E-state index contributed by atoms with van der Waals surface area (Å²) in [6.45, 7) is 5.01. The van der Waals surface area contributed by atoms with Crippen LogP contribution in [0.5, 0.6) is 0 Å². The fraction of sp³-hybridized carbons (Fsp3) is 0.778. The van der Waals surface area contributed by atoms with E-state index in [2.05, 4.69) is 6.92 Å². The first-order chi connectivity index (χ1) is 12.8. The summed E-state index contributed by atoms with van der Waals surface area (Å²) in [7, 11) is -1.39. The fourth-order valence-corrected chi connectivity index (χ4v) is 1.93. The van der Waals surface area contributed by atoms with Crippen molar-refractivity contribution in [1.82, 2.24) is 0 Å². The van der Waals surface area contributed by atoms with Crippen LogP contribution in [0.2, 0.25) is 0 Å². The zero-order valence-electron chi connectivity index (χ0n) is 16.0. The molecule has 0 amide bonds. The van der Waals surface area contributed by atoms with Gasteiger partial charge in [-0.15, -0.1) is 0 Å². The molecule has 7 nitrogen and oxygen atoms in total. The van der Waals surface area contributed by atoms with Gasteiger partial charge < -0.3 is 33.6 Å². The Balaban J connectivity index is 3.27. The third-order valence-electron chi connectivity index (χ3n) is 3.26. The smallest absolute Gasteiger partial charge is 0.508 e. The Labute approximate surface area is 158 Å². The van der Waals surface area contributed by atoms with Gasteiger partial charge in [0.15, 0.2) is 0 Å². The minimum atomic E-state index is -1.39. The van der Waals surface area contributed by atoms with E-state index in [0.29, 0.717) is 19.8 Å². The Bertz CT molecular complexity index is 327. The molecule has 0 aliphatic rings. The van der Waals surface area contributed by atoms with Crippen molar-refractivity contribution in [2.45, 2.75) is 45.4 Å². The normalized spacial score (nSPS) is 11.5. The summed E-state index contributed by atoms with van der Waals surface area (Å²) in [5.41, 5.74) is 0. The van der Waals surface area contributed by atoms with E-state index in [1.54, 1.807) is 12.2 Å². The van der Waals surface area contributed by atoms with Gasteiger partial charge in [0.2, 0.25) is 0 Å². The van der Waals surface area contributed by atoms with Crippen LogP contribution >= 0.6 is 0 Å². The molecule has 0 spiro atoms. The standard InChI is InChI=1S/C18H35BO7/c1-2-3-4-5-6-7-11-23-17-18-24-13-9-15-26-19(21)25-14-8-12-22-16-10-20/h8-9,14-15,20-21H,2-7,10-13,16-18H2,1H3. The lowest BCUT2D eigenvalue weighted by Gasteiger charge is -2.05. The summed E-state index contributed by atoms with van der Waals surface area (Å²) in [6, 6.07) is 0. The SMILES string of the molecule is CCCCCCCCOCCOCC=COB(O)OC=CCOCCO. The maximum Gasteiger partial charge on any atom is 0.784 e. The Morgan fingerprint density at radius 1 is 0.731 bits per heavy atom. The summed E-state index contributed by atoms with van der Waals surface area (Å²) < 4.78 is 25.5. The van der Waals surface area contributed by atoms with Crippen LogP contribution in [-0.4, -0.2) is 63.7 Å². The number of aliphatic hydroxyl groups excluding tert-OH is 1. The molecule has 0 aromatic rings. The molecule has 2 N–H and O–H groups in total. The lowest BCUT2D eigenvalue weighted by molar-refractivity contribution is 0.0562. The van der Waals surface area contributed by atoms with Gasteiger partial charge in [-0.05, 0) is 18.6 Å². The van der Waals surface area contributed by atoms with Crippen molar-refractivity contribution in [3.63, 3.8) is 0 Å². The van der Waals surface area contributed by atoms with E-state index in [0.717, 1.165) is 13.0 Å². The van der Waals surface area contributed by atoms with Crippen molar-refractivity contribution in [3.05, 3.63) is 24.7 Å². The summed E-state index contributed by atoms with van der Waals surface area (Å²) in [4.78, 5) is 0. The molecule has 0 aliphatic heterocycles. The van der Waals surface area contributed by atoms with Crippen molar-refractivity contribution in [2.75, 3.05) is 46.2 Å². The Kier molecular flexibility index (Phi) is 21.1. The van der Waals surface area contributed by atoms with Gasteiger partial charge in [0, 0.05) is 6.61 Å². The lowest BCUT2D eigenvalue weighted by atomic mass is 10.1. The maximum absolute atomic E-state index is 9.35. The first kappa shape index (κ1) is 24.9. The predicted octanol–water partition coefficient (Wildman–Crippen LogP) is 2.43. The summed E-state index contributed by atoms with van der Waals surface area (Å²) in [5.74, 6) is 0. The molecule has 0 aliphatic carbocycles. The average Bonchev–Trinajstić information content (AvgIpc) is 2.65. The van der Waals surface area contributed by atoms with Gasteiger partial charge in [-0.3, -0.25) is 0 Å². The van der Waals surface area contributed by atoms with E-state index < -0.39 is 7.32 Å². The van der Waals surface area contributed by atoms with Gasteiger partial charge in [-0.2, -0.15) is 0 Å². The van der Waals surface area contributed by atoms with Crippen LogP contribution in [0.4, 0.5) is 0 Å². The average molecular weight is 374 g/mol. The lowest BCUT2D eigenvalue weighted by Crippen LogP contribution is -2.17. The highest BCUT2D eigenvalue weighted by molar-refractivity contribution is 6.35. The zero-order valence-corrected chi connectivity index (χ0v) is 16.0. The minimum absolute atomic E-state index is 0.0292. The van der Waals surface area contributed by atoms with E-state index in [1.807, 2.05) is 0 Å². The van der Waals surface area contributed by atoms with Gasteiger partial charge >= 0.3 is 7.32 Å². The molecule has 152 valence electrons. The van der Waals surface area contributed by atoms with E-state index in [-0.39, 0.29) is 19.8 Å². The summed E-state index contributed by atoms with van der Waals surface area (Å²) in [6.07, 6.45) is 13.3. The topological polar surface area (TPSA) is 86.6 Å². The van der Waals surface area contributed by atoms with Crippen LogP contribution < -0.4 is 0 Å². The number of ether oxygens (including phenoxy) is 3. The number of unbranched alkanes of at least 4 members (excludes halogenated alkanes) is 5. The highest BCUT2D eigenvalue weighted by atomic mass is 16.7. The highest BCUT2D eigenvalue weighted by Crippen LogP contribution is 2.04. The van der Waals surface area contributed by atoms with E-state index in [4.69, 9.17) is 28.6 Å². The first-order valence-corrected chi connectivity index (χ1v) is 9.44. The molecule has 0 radical (unpaired) electrons. The predicted molar refractivity (Wildman–Crippen MR) is 101 cm³/mol. The van der Waals surface area contributed by atoms with Crippen LogP contribution in [-0.2, 0) is 23.5 Å². The van der Waals surface area contributed by atoms with Crippen molar-refractivity contribution in [3.8, 4) is 0 Å². The van der Waals surface area contributed by atoms with E-state index in [1.165, 1.54) is 44.6 Å². The van der Waals surface area contributed by atoms with Crippen molar-refractivity contribution in [2.24, 2.45) is 0 Å². The van der Waals surface area contributed by atoms with Crippen LogP contribution in [0, 0.1) is 0 Å². The number of hydrogen-bond donors (Lipinski definition) is 2. The Morgan fingerprint density at radius 2 is 1.31 bits per heavy atom. The summed E-state index contributed by atoms with van der Waals surface area (Å²) in [5, 5.41) is 17.9. The van der Waals surface area contributed by atoms with Gasteiger partial charge in [0.05, 0.1) is 52.2 Å². The van der Waals surface area contributed by atoms with Crippen molar-refractivity contribution in [1.29, 1.82) is 0 Å². The molecule has 26 heavy (non-hydrogen) atoms. The molecule has 0 fully saturated rings. The van der Waals surface area contributed by atoms with Crippen LogP contribution in [0.25, 0.3) is 0 Å². The third kappa shape index (κ3) is 21.0. The number of rotatable bonds is 20. The summed E-state index contributed by atoms with van der Waals surface area (Å²) >= 11 is 0. The van der Waals surface area contributed by atoms with Crippen molar-refractivity contribution >= 4 is 7.32 Å². The molecule has 0 rings (SSSR count). The maximum atomic E-state index is 9.35. The molecule has 0 bridgehead atoms. The molecule has 8 heteroatoms. The molecule has 0 aromatic carbocycles. The number of hydrogen-bond acceptors (Lipinski definition) is 7. The first-order valence-electron chi connectivity index (χ1n) is 9.44. The largest absolute Gasteiger partial charge is 0.784 e. The molecule has 0 aromatic heterocycles. The molecular formula is C18H35BO7. The monoisotopic (exact) mass is 374 g/mol. The van der Waals surface area contributed by atoms with Crippen molar-refractivity contribution < 1.29 is 33.6 Å². The van der Waals surface area contributed by atoms with Gasteiger partial charge in [-0.1, -0.05) is 39.0 Å². The Morgan fingerprint density at radius 3 is 1.96 bits per heavy atom. The molecule has 0 saturated carbocycles. The van der Waals surface area contributed by atoms with Crippen LogP contribution in [0.15, 0.2) is 24.7 Å². The van der Waals surface area contributed by atoms with Gasteiger partial charge in [-0.25, -0.2) is 0 Å². The zero-order chi connectivity index (χ0) is 19.1. The Hall–Kier alpha value is -1.06. The van der Waals surface area contributed by atoms with Crippen LogP contribution in [0.3, 0.4) is 0 Å². The van der Waals surface area contributed by atoms with Gasteiger partial charge in [0.1, 0.15) is 0 Å². The highest BCUT2D eigenvalue weighted by Gasteiger charge is 2.15. The third-order valence-corrected chi connectivity index (χ3v) is 3.26. The molecular weight excluding hydrogens is 339 g/mol. The van der Waals surface area contributed by atoms with Gasteiger partial charge in [0.25, 0.3) is 0 Å². The second kappa shape index (κ2) is 22.0. The van der Waals surface area contributed by atoms with E-state index >= 15 is 0 Å². The second-order valence-electron chi connectivity index (χ2n) is 5.58. The minimum Gasteiger partial charge on any atom is -0.508 e. The fourth-order valence-electron chi connectivity index (χ4n) is 1.93. The molecule has 0 unspecified atom stereocenters. The van der Waals surface area contributed by atoms with E-state index in [9.17, 15) is 5.02 Å². The molecule has 0 heterocycles. The second-order valence-corrected chi connectivity index (χ2v) is 5.58. The number of aliphatic hydroxyl groups is 1. The van der Waals surface area contributed by atoms with Crippen LogP contribution in [0.1, 0.15) is 45.4 Å². The molecule has 0 saturated heterocycles. The molecule has 0 atom stereocenters. The quantitative estimate of drug-likeness (QED) is 0.192.